The Bertz CT molecular complexity index is 654. The van der Waals surface area contributed by atoms with Gasteiger partial charge in [0.1, 0.15) is 16.8 Å². The molecule has 1 aromatic rings. The smallest absolute Gasteiger partial charge is 0.315 e. The first kappa shape index (κ1) is 17.9. The van der Waals surface area contributed by atoms with Gasteiger partial charge in [-0.2, -0.15) is 0 Å². The quantitative estimate of drug-likeness (QED) is 0.824. The number of carboxylic acid groups (broad SMARTS) is 2. The van der Waals surface area contributed by atoms with E-state index >= 15 is 0 Å². The molecule has 2 rings (SSSR count). The van der Waals surface area contributed by atoms with Gasteiger partial charge >= 0.3 is 11.9 Å². The van der Waals surface area contributed by atoms with Crippen LogP contribution in [0.4, 0.5) is 0 Å². The second-order valence-corrected chi connectivity index (χ2v) is 6.73. The summed E-state index contributed by atoms with van der Waals surface area (Å²) in [5.41, 5.74) is -2.18. The van der Waals surface area contributed by atoms with E-state index in [0.29, 0.717) is 12.8 Å². The molecule has 0 aromatic heterocycles. The molecular weight excluding hydrogens is 343 g/mol. The molecule has 0 saturated heterocycles. The van der Waals surface area contributed by atoms with Crippen LogP contribution in [0.15, 0.2) is 12.1 Å². The van der Waals surface area contributed by atoms with Gasteiger partial charge in [-0.25, -0.2) is 0 Å². The molecule has 0 radical (unpaired) electrons. The Morgan fingerprint density at radius 3 is 2.30 bits per heavy atom. The van der Waals surface area contributed by atoms with E-state index in [4.69, 9.17) is 27.9 Å². The van der Waals surface area contributed by atoms with Gasteiger partial charge in [0.05, 0.1) is 11.4 Å². The molecule has 0 spiro atoms. The maximum atomic E-state index is 12.1. The lowest BCUT2D eigenvalue weighted by molar-refractivity contribution is -0.154. The molecule has 1 heterocycles. The lowest BCUT2D eigenvalue weighted by Crippen LogP contribution is -2.52. The van der Waals surface area contributed by atoms with Crippen molar-refractivity contribution < 1.29 is 24.5 Å². The number of halogens is 2. The van der Waals surface area contributed by atoms with Crippen molar-refractivity contribution in [3.05, 3.63) is 27.7 Å². The van der Waals surface area contributed by atoms with Crippen molar-refractivity contribution in [3.8, 4) is 5.75 Å². The molecule has 1 aromatic carbocycles. The Morgan fingerprint density at radius 2 is 1.83 bits per heavy atom. The summed E-state index contributed by atoms with van der Waals surface area (Å²) in [6, 6.07) is 2.91. The number of rotatable bonds is 5. The number of aliphatic carboxylic acids is 2. The molecule has 1 atom stereocenters. The third kappa shape index (κ3) is 3.00. The van der Waals surface area contributed by atoms with Gasteiger partial charge in [0.2, 0.25) is 0 Å². The molecule has 0 saturated carbocycles. The van der Waals surface area contributed by atoms with E-state index in [2.05, 4.69) is 0 Å². The number of fused-ring (bicyclic) bond motifs is 1. The molecule has 126 valence electrons. The summed E-state index contributed by atoms with van der Waals surface area (Å²) in [5, 5.41) is 19.6. The molecular formula is C16H18Cl2O5. The van der Waals surface area contributed by atoms with E-state index in [1.165, 1.54) is 12.1 Å². The Hall–Kier alpha value is -1.46. The number of benzene rings is 1. The molecule has 1 aliphatic rings. The number of hydrogen-bond acceptors (Lipinski definition) is 3. The summed E-state index contributed by atoms with van der Waals surface area (Å²) in [6.45, 7) is 3.76. The van der Waals surface area contributed by atoms with Crippen LogP contribution in [0, 0.1) is 0 Å². The Kier molecular flexibility index (Phi) is 4.83. The molecule has 2 N–H and O–H groups in total. The third-order valence-corrected chi connectivity index (χ3v) is 5.12. The van der Waals surface area contributed by atoms with Gasteiger partial charge in [-0.3, -0.25) is 9.59 Å². The SMILES string of the molecule is CCC1(CC)CC(CC(=O)O)(C(=O)O)c2cc(Cl)cc(Cl)c2O1. The monoisotopic (exact) mass is 360 g/mol. The Labute approximate surface area is 144 Å². The summed E-state index contributed by atoms with van der Waals surface area (Å²) < 4.78 is 6.04. The molecule has 7 heteroatoms. The standard InChI is InChI=1S/C16H18Cl2O5/c1-3-15(4-2)8-16(14(21)22,7-12(19)20)10-5-9(17)6-11(18)13(10)23-15/h5-6H,3-4,7-8H2,1-2H3,(H,19,20)(H,21,22). The minimum absolute atomic E-state index is 0.0539. The Balaban J connectivity index is 2.79. The average molecular weight is 361 g/mol. The molecule has 1 unspecified atom stereocenters. The van der Waals surface area contributed by atoms with E-state index in [0.717, 1.165) is 0 Å². The molecule has 0 fully saturated rings. The molecule has 0 bridgehead atoms. The minimum Gasteiger partial charge on any atom is -0.485 e. The summed E-state index contributed by atoms with van der Waals surface area (Å²) in [4.78, 5) is 23.5. The zero-order chi connectivity index (χ0) is 17.4. The van der Waals surface area contributed by atoms with E-state index in [9.17, 15) is 19.8 Å². The van der Waals surface area contributed by atoms with Crippen LogP contribution in [0.1, 0.15) is 45.1 Å². The van der Waals surface area contributed by atoms with Crippen LogP contribution in [-0.4, -0.2) is 27.8 Å². The first-order valence-corrected chi connectivity index (χ1v) is 8.09. The highest BCUT2D eigenvalue weighted by molar-refractivity contribution is 6.35. The fraction of sp³-hybridized carbons (Fsp3) is 0.500. The molecule has 23 heavy (non-hydrogen) atoms. The molecule has 0 amide bonds. The van der Waals surface area contributed by atoms with Gasteiger partial charge in [0.25, 0.3) is 0 Å². The van der Waals surface area contributed by atoms with Gasteiger partial charge in [-0.05, 0) is 25.0 Å². The van der Waals surface area contributed by atoms with E-state index in [1.807, 2.05) is 13.8 Å². The van der Waals surface area contributed by atoms with Crippen molar-refractivity contribution in [3.63, 3.8) is 0 Å². The predicted octanol–water partition coefficient (Wildman–Crippen LogP) is 4.13. The van der Waals surface area contributed by atoms with Crippen LogP contribution in [0.5, 0.6) is 5.75 Å². The highest BCUT2D eigenvalue weighted by Crippen LogP contribution is 2.52. The van der Waals surface area contributed by atoms with Crippen LogP contribution < -0.4 is 4.74 Å². The third-order valence-electron chi connectivity index (χ3n) is 4.62. The molecule has 0 aliphatic carbocycles. The van der Waals surface area contributed by atoms with Crippen LogP contribution >= 0.6 is 23.2 Å². The zero-order valence-corrected chi connectivity index (χ0v) is 14.4. The van der Waals surface area contributed by atoms with E-state index < -0.39 is 29.4 Å². The number of carboxylic acids is 2. The van der Waals surface area contributed by atoms with Crippen molar-refractivity contribution in [1.29, 1.82) is 0 Å². The first-order valence-electron chi connectivity index (χ1n) is 7.33. The van der Waals surface area contributed by atoms with Crippen molar-refractivity contribution in [2.75, 3.05) is 0 Å². The number of ether oxygens (including phenoxy) is 1. The maximum absolute atomic E-state index is 12.1. The van der Waals surface area contributed by atoms with Crippen molar-refractivity contribution in [2.24, 2.45) is 0 Å². The molecule has 5 nitrogen and oxygen atoms in total. The van der Waals surface area contributed by atoms with Crippen LogP contribution in [0.2, 0.25) is 10.0 Å². The number of carbonyl (C=O) groups is 2. The fourth-order valence-electron chi connectivity index (χ4n) is 3.24. The summed E-state index contributed by atoms with van der Waals surface area (Å²) in [7, 11) is 0. The maximum Gasteiger partial charge on any atom is 0.315 e. The minimum atomic E-state index is -1.63. The van der Waals surface area contributed by atoms with Gasteiger partial charge in [0.15, 0.2) is 0 Å². The van der Waals surface area contributed by atoms with Crippen LogP contribution in [0.3, 0.4) is 0 Å². The van der Waals surface area contributed by atoms with E-state index in [-0.39, 0.29) is 27.8 Å². The summed E-state index contributed by atoms with van der Waals surface area (Å²) in [5.74, 6) is -2.19. The largest absolute Gasteiger partial charge is 0.485 e. The highest BCUT2D eigenvalue weighted by atomic mass is 35.5. The highest BCUT2D eigenvalue weighted by Gasteiger charge is 2.54. The van der Waals surface area contributed by atoms with E-state index in [1.54, 1.807) is 0 Å². The summed E-state index contributed by atoms with van der Waals surface area (Å²) >= 11 is 12.2. The normalized spacial score (nSPS) is 22.1. The zero-order valence-electron chi connectivity index (χ0n) is 12.9. The fourth-order valence-corrected chi connectivity index (χ4v) is 3.78. The van der Waals surface area contributed by atoms with Gasteiger partial charge < -0.3 is 14.9 Å². The van der Waals surface area contributed by atoms with Crippen LogP contribution in [0.25, 0.3) is 0 Å². The first-order chi connectivity index (χ1) is 10.7. The lowest BCUT2D eigenvalue weighted by Gasteiger charge is -2.46. The number of hydrogen-bond donors (Lipinski definition) is 2. The van der Waals surface area contributed by atoms with Gasteiger partial charge in [-0.15, -0.1) is 0 Å². The topological polar surface area (TPSA) is 83.8 Å². The van der Waals surface area contributed by atoms with Crippen molar-refractivity contribution in [1.82, 2.24) is 0 Å². The Morgan fingerprint density at radius 1 is 1.22 bits per heavy atom. The van der Waals surface area contributed by atoms with Crippen LogP contribution in [-0.2, 0) is 15.0 Å². The van der Waals surface area contributed by atoms with Gasteiger partial charge in [0, 0.05) is 17.0 Å². The van der Waals surface area contributed by atoms with Crippen molar-refractivity contribution >= 4 is 35.1 Å². The molecule has 1 aliphatic heterocycles. The lowest BCUT2D eigenvalue weighted by atomic mass is 9.66. The second-order valence-electron chi connectivity index (χ2n) is 5.89. The predicted molar refractivity (Wildman–Crippen MR) is 86.6 cm³/mol. The van der Waals surface area contributed by atoms with Gasteiger partial charge in [-0.1, -0.05) is 37.0 Å². The summed E-state index contributed by atoms with van der Waals surface area (Å²) in [6.07, 6.45) is 0.572. The van der Waals surface area contributed by atoms with Crippen molar-refractivity contribution in [2.45, 2.75) is 50.5 Å². The average Bonchev–Trinajstić information content (AvgIpc) is 2.47. The second kappa shape index (κ2) is 6.21.